The van der Waals surface area contributed by atoms with Gasteiger partial charge in [-0.05, 0) is 72.1 Å². The Labute approximate surface area is 126 Å². The number of hydrogen-bond acceptors (Lipinski definition) is 2. The number of benzene rings is 1. The van der Waals surface area contributed by atoms with Crippen LogP contribution in [0.25, 0.3) is 11.1 Å². The van der Waals surface area contributed by atoms with Gasteiger partial charge in [-0.25, -0.2) is 0 Å². The minimum atomic E-state index is 0.870. The van der Waals surface area contributed by atoms with E-state index in [2.05, 4.69) is 41.6 Å². The Kier molecular flexibility index (Phi) is 3.96. The van der Waals surface area contributed by atoms with Crippen molar-refractivity contribution < 1.29 is 0 Å². The standard InChI is InChI=1S/C19H20N2/c1-14(8-9-15(2)19-7-4-12-20-21-19)17-11-10-16-5-3-6-18(16)13-17/h4,7,10-13H,1-3,5-6,8-9H2. The summed E-state index contributed by atoms with van der Waals surface area (Å²) in [5, 5.41) is 7.99. The first-order chi connectivity index (χ1) is 10.2. The predicted molar refractivity (Wildman–Crippen MR) is 87.8 cm³/mol. The van der Waals surface area contributed by atoms with Crippen molar-refractivity contribution >= 4 is 11.1 Å². The van der Waals surface area contributed by atoms with Gasteiger partial charge in [0.25, 0.3) is 0 Å². The molecular weight excluding hydrogens is 256 g/mol. The molecule has 0 saturated carbocycles. The second-order valence-corrected chi connectivity index (χ2v) is 5.65. The van der Waals surface area contributed by atoms with Crippen molar-refractivity contribution in [1.82, 2.24) is 10.2 Å². The molecule has 0 radical (unpaired) electrons. The quantitative estimate of drug-likeness (QED) is 0.805. The lowest BCUT2D eigenvalue weighted by molar-refractivity contribution is 0.911. The van der Waals surface area contributed by atoms with E-state index in [1.807, 2.05) is 12.1 Å². The first kappa shape index (κ1) is 13.7. The summed E-state index contributed by atoms with van der Waals surface area (Å²) in [6.07, 6.45) is 7.19. The van der Waals surface area contributed by atoms with Crippen molar-refractivity contribution in [2.45, 2.75) is 32.1 Å². The number of allylic oxidation sites excluding steroid dienone is 2. The fourth-order valence-electron chi connectivity index (χ4n) is 2.86. The van der Waals surface area contributed by atoms with E-state index >= 15 is 0 Å². The van der Waals surface area contributed by atoms with Crippen molar-refractivity contribution in [2.75, 3.05) is 0 Å². The number of aromatic nitrogens is 2. The summed E-state index contributed by atoms with van der Waals surface area (Å²) in [6, 6.07) is 10.6. The molecule has 0 atom stereocenters. The molecule has 3 rings (SSSR count). The molecule has 21 heavy (non-hydrogen) atoms. The Balaban J connectivity index is 1.63. The van der Waals surface area contributed by atoms with E-state index in [-0.39, 0.29) is 0 Å². The van der Waals surface area contributed by atoms with Gasteiger partial charge in [0.05, 0.1) is 5.69 Å². The van der Waals surface area contributed by atoms with Gasteiger partial charge in [0, 0.05) is 6.20 Å². The highest BCUT2D eigenvalue weighted by molar-refractivity contribution is 5.68. The van der Waals surface area contributed by atoms with Gasteiger partial charge in [-0.2, -0.15) is 10.2 Å². The molecule has 0 bridgehead atoms. The van der Waals surface area contributed by atoms with Crippen molar-refractivity contribution in [3.05, 3.63) is 72.1 Å². The Bertz CT molecular complexity index is 671. The van der Waals surface area contributed by atoms with Gasteiger partial charge in [-0.15, -0.1) is 0 Å². The van der Waals surface area contributed by atoms with Gasteiger partial charge in [0.15, 0.2) is 0 Å². The molecule has 0 N–H and O–H groups in total. The van der Waals surface area contributed by atoms with E-state index in [0.29, 0.717) is 0 Å². The van der Waals surface area contributed by atoms with E-state index in [1.54, 1.807) is 6.20 Å². The lowest BCUT2D eigenvalue weighted by atomic mass is 9.96. The zero-order valence-corrected chi connectivity index (χ0v) is 12.3. The molecule has 0 amide bonds. The zero-order chi connectivity index (χ0) is 14.7. The van der Waals surface area contributed by atoms with Crippen LogP contribution in [0.1, 0.15) is 41.6 Å². The molecule has 1 aromatic carbocycles. The van der Waals surface area contributed by atoms with Crippen LogP contribution in [-0.4, -0.2) is 10.2 Å². The molecule has 1 heterocycles. The highest BCUT2D eigenvalue weighted by Crippen LogP contribution is 2.28. The van der Waals surface area contributed by atoms with Crippen molar-refractivity contribution in [1.29, 1.82) is 0 Å². The van der Waals surface area contributed by atoms with Crippen LogP contribution in [0.3, 0.4) is 0 Å². The average Bonchev–Trinajstić information content (AvgIpc) is 3.00. The fourth-order valence-corrected chi connectivity index (χ4v) is 2.86. The Morgan fingerprint density at radius 1 is 1.00 bits per heavy atom. The normalized spacial score (nSPS) is 13.0. The first-order valence-electron chi connectivity index (χ1n) is 7.50. The summed E-state index contributed by atoms with van der Waals surface area (Å²) in [7, 11) is 0. The maximum atomic E-state index is 4.24. The minimum absolute atomic E-state index is 0.870. The van der Waals surface area contributed by atoms with Gasteiger partial charge < -0.3 is 0 Å². The van der Waals surface area contributed by atoms with Gasteiger partial charge in [0.1, 0.15) is 0 Å². The molecule has 2 aromatic rings. The molecular formula is C19H20N2. The Morgan fingerprint density at radius 3 is 2.62 bits per heavy atom. The van der Waals surface area contributed by atoms with E-state index in [0.717, 1.165) is 24.1 Å². The smallest absolute Gasteiger partial charge is 0.0883 e. The van der Waals surface area contributed by atoms with E-state index in [4.69, 9.17) is 0 Å². The molecule has 0 aliphatic heterocycles. The van der Waals surface area contributed by atoms with Gasteiger partial charge in [0.2, 0.25) is 0 Å². The summed E-state index contributed by atoms with van der Waals surface area (Å²) in [5.74, 6) is 0. The van der Waals surface area contributed by atoms with Crippen LogP contribution in [0.15, 0.2) is 49.7 Å². The monoisotopic (exact) mass is 276 g/mol. The fraction of sp³-hybridized carbons (Fsp3) is 0.263. The van der Waals surface area contributed by atoms with E-state index < -0.39 is 0 Å². The third kappa shape index (κ3) is 3.10. The molecule has 0 unspecified atom stereocenters. The molecule has 1 aliphatic rings. The summed E-state index contributed by atoms with van der Waals surface area (Å²) in [5.41, 5.74) is 7.35. The third-order valence-electron chi connectivity index (χ3n) is 4.17. The Hall–Kier alpha value is -2.22. The average molecular weight is 276 g/mol. The molecule has 2 heteroatoms. The highest BCUT2D eigenvalue weighted by atomic mass is 15.1. The van der Waals surface area contributed by atoms with Crippen molar-refractivity contribution in [3.8, 4) is 0 Å². The number of fused-ring (bicyclic) bond motifs is 1. The summed E-state index contributed by atoms with van der Waals surface area (Å²) in [4.78, 5) is 0. The number of nitrogens with zero attached hydrogens (tertiary/aromatic N) is 2. The maximum Gasteiger partial charge on any atom is 0.0883 e. The number of hydrogen-bond donors (Lipinski definition) is 0. The van der Waals surface area contributed by atoms with Gasteiger partial charge >= 0.3 is 0 Å². The molecule has 0 spiro atoms. The van der Waals surface area contributed by atoms with Crippen molar-refractivity contribution in [2.24, 2.45) is 0 Å². The van der Waals surface area contributed by atoms with E-state index in [9.17, 15) is 0 Å². The van der Waals surface area contributed by atoms with Crippen LogP contribution < -0.4 is 0 Å². The van der Waals surface area contributed by atoms with Gasteiger partial charge in [-0.1, -0.05) is 31.4 Å². The molecule has 0 saturated heterocycles. The molecule has 106 valence electrons. The lowest BCUT2D eigenvalue weighted by Gasteiger charge is -2.09. The second kappa shape index (κ2) is 6.04. The van der Waals surface area contributed by atoms with Crippen LogP contribution >= 0.6 is 0 Å². The van der Waals surface area contributed by atoms with E-state index in [1.165, 1.54) is 41.5 Å². The SMILES string of the molecule is C=C(CCC(=C)c1cccnn1)c1ccc2c(c1)CCC2. The topological polar surface area (TPSA) is 25.8 Å². The Morgan fingerprint density at radius 2 is 1.81 bits per heavy atom. The second-order valence-electron chi connectivity index (χ2n) is 5.65. The largest absolute Gasteiger partial charge is 0.159 e. The van der Waals surface area contributed by atoms with Crippen LogP contribution in [0, 0.1) is 0 Å². The predicted octanol–water partition coefficient (Wildman–Crippen LogP) is 4.47. The minimum Gasteiger partial charge on any atom is -0.159 e. The maximum absolute atomic E-state index is 4.24. The van der Waals surface area contributed by atoms with Crippen molar-refractivity contribution in [3.63, 3.8) is 0 Å². The number of aryl methyl sites for hydroxylation is 2. The molecule has 2 nitrogen and oxygen atoms in total. The number of rotatable bonds is 5. The summed E-state index contributed by atoms with van der Waals surface area (Å²) >= 11 is 0. The van der Waals surface area contributed by atoms with Crippen LogP contribution in [0.5, 0.6) is 0 Å². The molecule has 1 aliphatic carbocycles. The summed E-state index contributed by atoms with van der Waals surface area (Å²) in [6.45, 7) is 8.34. The third-order valence-corrected chi connectivity index (χ3v) is 4.17. The van der Waals surface area contributed by atoms with Gasteiger partial charge in [-0.3, -0.25) is 0 Å². The first-order valence-corrected chi connectivity index (χ1v) is 7.50. The molecule has 0 fully saturated rings. The summed E-state index contributed by atoms with van der Waals surface area (Å²) < 4.78 is 0. The highest BCUT2D eigenvalue weighted by Gasteiger charge is 2.12. The molecule has 1 aromatic heterocycles. The lowest BCUT2D eigenvalue weighted by Crippen LogP contribution is -1.92. The van der Waals surface area contributed by atoms with Crippen LogP contribution in [0.4, 0.5) is 0 Å². The van der Waals surface area contributed by atoms with Crippen LogP contribution in [0.2, 0.25) is 0 Å². The zero-order valence-electron chi connectivity index (χ0n) is 12.3. The van der Waals surface area contributed by atoms with Crippen LogP contribution in [-0.2, 0) is 12.8 Å².